The van der Waals surface area contributed by atoms with Crippen LogP contribution in [-0.2, 0) is 57.0 Å². The van der Waals surface area contributed by atoms with E-state index in [4.69, 9.17) is 47.4 Å². The summed E-state index contributed by atoms with van der Waals surface area (Å²) < 4.78 is 54.4. The smallest absolute Gasteiger partial charge is 0.305 e. The summed E-state index contributed by atoms with van der Waals surface area (Å²) in [5.74, 6) is -0.270. The average Bonchev–Trinajstić information content (AvgIpc) is 3.22. The van der Waals surface area contributed by atoms with Crippen LogP contribution in [0.15, 0.2) is 0 Å². The molecule has 0 spiro atoms. The van der Waals surface area contributed by atoms with Crippen LogP contribution in [0, 0.1) is 0 Å². The van der Waals surface area contributed by atoms with Gasteiger partial charge in [0.15, 0.2) is 0 Å². The normalized spacial score (nSPS) is 11.4. The molecule has 0 aliphatic heterocycles. The van der Waals surface area contributed by atoms with Crippen molar-refractivity contribution in [2.24, 2.45) is 0 Å². The van der Waals surface area contributed by atoms with Crippen molar-refractivity contribution >= 4 is 11.9 Å². The monoisotopic (exact) mass is 835 g/mol. The van der Waals surface area contributed by atoms with Crippen molar-refractivity contribution in [2.45, 2.75) is 168 Å². The lowest BCUT2D eigenvalue weighted by Crippen LogP contribution is -2.15. The lowest BCUT2D eigenvalue weighted by molar-refractivity contribution is -0.146. The Bertz CT molecular complexity index is 803. The molecule has 0 atom stereocenters. The van der Waals surface area contributed by atoms with Crippen LogP contribution in [0.3, 0.4) is 0 Å². The number of unbranched alkanes of at least 4 members (excludes halogenated alkanes) is 20. The van der Waals surface area contributed by atoms with Gasteiger partial charge in [-0.1, -0.05) is 142 Å². The quantitative estimate of drug-likeness (QED) is 0.0428. The van der Waals surface area contributed by atoms with Gasteiger partial charge in [0.1, 0.15) is 13.2 Å². The van der Waals surface area contributed by atoms with E-state index in [1.165, 1.54) is 116 Å². The third-order valence-corrected chi connectivity index (χ3v) is 9.55. The van der Waals surface area contributed by atoms with Crippen LogP contribution in [0.5, 0.6) is 0 Å². The van der Waals surface area contributed by atoms with Crippen molar-refractivity contribution in [3.05, 3.63) is 0 Å². The predicted molar refractivity (Wildman–Crippen MR) is 231 cm³/mol. The lowest BCUT2D eigenvalue weighted by Gasteiger charge is -2.09. The molecule has 0 heterocycles. The highest BCUT2D eigenvalue weighted by molar-refractivity contribution is 5.69. The zero-order chi connectivity index (χ0) is 41.9. The molecule has 0 saturated carbocycles. The average molecular weight is 835 g/mol. The minimum Gasteiger partial charge on any atom is -0.463 e. The summed E-state index contributed by atoms with van der Waals surface area (Å²) in [7, 11) is 0. The molecule has 12 heteroatoms. The summed E-state index contributed by atoms with van der Waals surface area (Å²) in [5, 5.41) is 0. The van der Waals surface area contributed by atoms with Gasteiger partial charge in [0.05, 0.1) is 106 Å². The van der Waals surface area contributed by atoms with Crippen LogP contribution in [0.2, 0.25) is 0 Å². The first-order valence-corrected chi connectivity index (χ1v) is 23.6. The van der Waals surface area contributed by atoms with Gasteiger partial charge in [-0.05, 0) is 12.8 Å². The van der Waals surface area contributed by atoms with E-state index in [-0.39, 0.29) is 25.2 Å². The maximum atomic E-state index is 11.9. The molecule has 0 aliphatic rings. The van der Waals surface area contributed by atoms with E-state index < -0.39 is 0 Å². The van der Waals surface area contributed by atoms with Gasteiger partial charge < -0.3 is 47.4 Å². The second kappa shape index (κ2) is 51.8. The first-order chi connectivity index (χ1) is 28.7. The van der Waals surface area contributed by atoms with Crippen molar-refractivity contribution in [3.8, 4) is 0 Å². The second-order valence-corrected chi connectivity index (χ2v) is 14.9. The zero-order valence-electron chi connectivity index (χ0n) is 37.6. The highest BCUT2D eigenvalue weighted by Gasteiger charge is 2.04. The van der Waals surface area contributed by atoms with E-state index in [9.17, 15) is 9.59 Å². The van der Waals surface area contributed by atoms with Crippen molar-refractivity contribution < 1.29 is 57.0 Å². The second-order valence-electron chi connectivity index (χ2n) is 14.9. The van der Waals surface area contributed by atoms with Gasteiger partial charge in [-0.15, -0.1) is 0 Å². The Hall–Kier alpha value is -1.38. The van der Waals surface area contributed by atoms with Gasteiger partial charge in [0, 0.05) is 12.8 Å². The van der Waals surface area contributed by atoms with Crippen molar-refractivity contribution in [3.63, 3.8) is 0 Å². The molecule has 0 unspecified atom stereocenters. The van der Waals surface area contributed by atoms with Crippen molar-refractivity contribution in [2.75, 3.05) is 119 Å². The van der Waals surface area contributed by atoms with Crippen LogP contribution in [0.4, 0.5) is 0 Å². The van der Waals surface area contributed by atoms with Crippen LogP contribution in [-0.4, -0.2) is 131 Å². The highest BCUT2D eigenvalue weighted by Crippen LogP contribution is 2.13. The molecule has 58 heavy (non-hydrogen) atoms. The third kappa shape index (κ3) is 50.8. The summed E-state index contributed by atoms with van der Waals surface area (Å²) in [6.45, 7) is 12.6. The van der Waals surface area contributed by atoms with Gasteiger partial charge in [-0.3, -0.25) is 9.59 Å². The van der Waals surface area contributed by atoms with Crippen LogP contribution in [0.1, 0.15) is 168 Å². The molecule has 0 N–H and O–H groups in total. The standard InChI is InChI=1S/C46H90O12/c1-3-5-7-9-11-13-14-15-16-18-20-22-24-26-46(48)58-44-42-56-40-38-54-36-34-52-32-30-50-28-27-49-29-31-51-33-35-53-37-39-55-41-43-57-45(47)25-23-21-19-17-12-10-8-6-4-2/h3-44H2,1-2H3. The van der Waals surface area contributed by atoms with Crippen molar-refractivity contribution in [1.82, 2.24) is 0 Å². The summed E-state index contributed by atoms with van der Waals surface area (Å²) >= 11 is 0. The number of esters is 2. The number of carbonyl (C=O) groups excluding carboxylic acids is 2. The van der Waals surface area contributed by atoms with Crippen LogP contribution < -0.4 is 0 Å². The zero-order valence-corrected chi connectivity index (χ0v) is 37.6. The molecule has 346 valence electrons. The molecule has 12 nitrogen and oxygen atoms in total. The fourth-order valence-corrected chi connectivity index (χ4v) is 6.08. The maximum Gasteiger partial charge on any atom is 0.305 e. The maximum absolute atomic E-state index is 11.9. The fourth-order valence-electron chi connectivity index (χ4n) is 6.08. The molecule has 0 rings (SSSR count). The number of ether oxygens (including phenoxy) is 10. The van der Waals surface area contributed by atoms with E-state index in [2.05, 4.69) is 13.8 Å². The van der Waals surface area contributed by atoms with E-state index in [0.29, 0.717) is 119 Å². The molecular weight excluding hydrogens is 744 g/mol. The Labute approximate surface area is 355 Å². The molecule has 0 bridgehead atoms. The topological polar surface area (TPSA) is 126 Å². The Kier molecular flexibility index (Phi) is 50.5. The van der Waals surface area contributed by atoms with E-state index in [1.54, 1.807) is 0 Å². The minimum absolute atomic E-state index is 0.133. The van der Waals surface area contributed by atoms with Gasteiger partial charge in [0.2, 0.25) is 0 Å². The number of hydrogen-bond acceptors (Lipinski definition) is 12. The van der Waals surface area contributed by atoms with Crippen LogP contribution in [0.25, 0.3) is 0 Å². The van der Waals surface area contributed by atoms with Crippen LogP contribution >= 0.6 is 0 Å². The minimum atomic E-state index is -0.137. The summed E-state index contributed by atoms with van der Waals surface area (Å²) in [6, 6.07) is 0. The van der Waals surface area contributed by atoms with E-state index in [0.717, 1.165) is 25.7 Å². The first kappa shape index (κ1) is 56.6. The highest BCUT2D eigenvalue weighted by atomic mass is 16.6. The lowest BCUT2D eigenvalue weighted by atomic mass is 10.0. The van der Waals surface area contributed by atoms with Crippen molar-refractivity contribution in [1.29, 1.82) is 0 Å². The molecule has 0 amide bonds. The Morgan fingerprint density at radius 2 is 0.414 bits per heavy atom. The van der Waals surface area contributed by atoms with Gasteiger partial charge in [-0.2, -0.15) is 0 Å². The largest absolute Gasteiger partial charge is 0.463 e. The summed E-state index contributed by atoms with van der Waals surface area (Å²) in [4.78, 5) is 23.7. The molecule has 0 aromatic heterocycles. The number of hydrogen-bond donors (Lipinski definition) is 0. The Balaban J connectivity index is 3.16. The van der Waals surface area contributed by atoms with Gasteiger partial charge in [0.25, 0.3) is 0 Å². The number of rotatable bonds is 51. The van der Waals surface area contributed by atoms with E-state index in [1.807, 2.05) is 0 Å². The summed E-state index contributed by atoms with van der Waals surface area (Å²) in [6.07, 6.45) is 28.9. The molecule has 0 fully saturated rings. The molecule has 0 aromatic carbocycles. The van der Waals surface area contributed by atoms with Gasteiger partial charge in [-0.25, -0.2) is 0 Å². The third-order valence-electron chi connectivity index (χ3n) is 9.55. The SMILES string of the molecule is CCCCCCCCCCCCCCCC(=O)OCCOCCOCCOCCOCCOCCOCCOCCOCCOC(=O)CCCCCCCCCCC. The molecule has 0 saturated heterocycles. The first-order valence-electron chi connectivity index (χ1n) is 23.6. The molecule has 0 aliphatic carbocycles. The molecule has 0 radical (unpaired) electrons. The Morgan fingerprint density at radius 3 is 0.621 bits per heavy atom. The van der Waals surface area contributed by atoms with E-state index >= 15 is 0 Å². The number of carbonyl (C=O) groups is 2. The molecule has 0 aromatic rings. The Morgan fingerprint density at radius 1 is 0.241 bits per heavy atom. The molecular formula is C46H90O12. The van der Waals surface area contributed by atoms with Gasteiger partial charge >= 0.3 is 11.9 Å². The summed E-state index contributed by atoms with van der Waals surface area (Å²) in [5.41, 5.74) is 0. The fraction of sp³-hybridized carbons (Fsp3) is 0.957. The predicted octanol–water partition coefficient (Wildman–Crippen LogP) is 9.61.